The summed E-state index contributed by atoms with van der Waals surface area (Å²) in [5.74, 6) is 0.855. The number of hydrogen-bond donors (Lipinski definition) is 1. The second kappa shape index (κ2) is 5.47. The highest BCUT2D eigenvalue weighted by Crippen LogP contribution is 2.43. The molecule has 1 atom stereocenters. The van der Waals surface area contributed by atoms with E-state index >= 15 is 0 Å². The van der Waals surface area contributed by atoms with E-state index in [9.17, 15) is 0 Å². The van der Waals surface area contributed by atoms with Crippen LogP contribution in [0, 0.1) is 5.92 Å². The Hall–Kier alpha value is -1.32. The lowest BCUT2D eigenvalue weighted by Crippen LogP contribution is -2.47. The molecule has 1 saturated heterocycles. The fourth-order valence-electron chi connectivity index (χ4n) is 4.07. The van der Waals surface area contributed by atoms with Gasteiger partial charge in [-0.15, -0.1) is 0 Å². The number of aromatic nitrogens is 1. The Kier molecular flexibility index (Phi) is 3.48. The number of para-hydroxylation sites is 1. The van der Waals surface area contributed by atoms with Crippen molar-refractivity contribution in [2.75, 3.05) is 26.2 Å². The highest BCUT2D eigenvalue weighted by molar-refractivity contribution is 5.84. The summed E-state index contributed by atoms with van der Waals surface area (Å²) < 4.78 is 2.30. The number of piperazine rings is 1. The van der Waals surface area contributed by atoms with Crippen LogP contribution in [-0.2, 0) is 7.05 Å². The molecule has 0 amide bonds. The predicted octanol–water partition coefficient (Wildman–Crippen LogP) is 2.92. The zero-order chi connectivity index (χ0) is 14.2. The second-order valence-corrected chi connectivity index (χ2v) is 6.63. The van der Waals surface area contributed by atoms with Gasteiger partial charge >= 0.3 is 0 Å². The molecular formula is C18H25N3. The Labute approximate surface area is 126 Å². The Morgan fingerprint density at radius 2 is 1.90 bits per heavy atom. The van der Waals surface area contributed by atoms with E-state index in [-0.39, 0.29) is 0 Å². The quantitative estimate of drug-likeness (QED) is 0.934. The van der Waals surface area contributed by atoms with Crippen LogP contribution in [0.3, 0.4) is 0 Å². The van der Waals surface area contributed by atoms with E-state index < -0.39 is 0 Å². The van der Waals surface area contributed by atoms with E-state index in [1.54, 1.807) is 5.56 Å². The van der Waals surface area contributed by atoms with Crippen LogP contribution in [0.25, 0.3) is 10.9 Å². The Morgan fingerprint density at radius 1 is 1.14 bits per heavy atom. The molecule has 0 bridgehead atoms. The van der Waals surface area contributed by atoms with E-state index in [0.29, 0.717) is 6.04 Å². The summed E-state index contributed by atoms with van der Waals surface area (Å²) in [5.41, 5.74) is 2.92. The van der Waals surface area contributed by atoms with Crippen molar-refractivity contribution in [2.24, 2.45) is 13.0 Å². The Morgan fingerprint density at radius 3 is 2.62 bits per heavy atom. The van der Waals surface area contributed by atoms with Gasteiger partial charge in [-0.1, -0.05) is 24.6 Å². The molecule has 2 heterocycles. The van der Waals surface area contributed by atoms with Gasteiger partial charge < -0.3 is 9.88 Å². The molecule has 3 heteroatoms. The number of aryl methyl sites for hydroxylation is 1. The summed E-state index contributed by atoms with van der Waals surface area (Å²) >= 11 is 0. The van der Waals surface area contributed by atoms with Crippen molar-refractivity contribution in [1.82, 2.24) is 14.8 Å². The molecule has 0 spiro atoms. The van der Waals surface area contributed by atoms with Gasteiger partial charge in [-0.25, -0.2) is 0 Å². The minimum Gasteiger partial charge on any atom is -0.350 e. The van der Waals surface area contributed by atoms with Gasteiger partial charge in [0.1, 0.15) is 0 Å². The van der Waals surface area contributed by atoms with E-state index in [2.05, 4.69) is 52.3 Å². The van der Waals surface area contributed by atoms with E-state index in [1.165, 1.54) is 43.3 Å². The summed E-state index contributed by atoms with van der Waals surface area (Å²) in [6.07, 6.45) is 6.60. The first-order valence-corrected chi connectivity index (χ1v) is 8.33. The van der Waals surface area contributed by atoms with Crippen LogP contribution in [0.2, 0.25) is 0 Å². The SMILES string of the molecule is Cn1cc([C@H](C2CCC2)N2CCNCC2)c2ccccc21. The minimum absolute atomic E-state index is 0.618. The lowest BCUT2D eigenvalue weighted by Gasteiger charge is -2.43. The number of benzene rings is 1. The summed E-state index contributed by atoms with van der Waals surface area (Å²) in [6, 6.07) is 9.50. The topological polar surface area (TPSA) is 20.2 Å². The normalized spacial score (nSPS) is 22.3. The first-order chi connectivity index (χ1) is 10.3. The highest BCUT2D eigenvalue weighted by atomic mass is 15.2. The minimum atomic E-state index is 0.618. The second-order valence-electron chi connectivity index (χ2n) is 6.63. The van der Waals surface area contributed by atoms with Crippen molar-refractivity contribution >= 4 is 10.9 Å². The standard InChI is InChI=1S/C18H25N3/c1-20-13-16(15-7-2-3-8-17(15)20)18(14-5-4-6-14)21-11-9-19-10-12-21/h2-3,7-8,13-14,18-19H,4-6,9-12H2,1H3/t18-/m0/s1. The number of rotatable bonds is 3. The van der Waals surface area contributed by atoms with Crippen molar-refractivity contribution in [3.63, 3.8) is 0 Å². The first kappa shape index (κ1) is 13.4. The zero-order valence-electron chi connectivity index (χ0n) is 12.9. The molecule has 112 valence electrons. The van der Waals surface area contributed by atoms with Crippen molar-refractivity contribution < 1.29 is 0 Å². The molecule has 2 aliphatic rings. The average Bonchev–Trinajstić information content (AvgIpc) is 2.81. The molecule has 2 aromatic rings. The molecule has 0 radical (unpaired) electrons. The van der Waals surface area contributed by atoms with Crippen LogP contribution in [0.5, 0.6) is 0 Å². The Bertz CT molecular complexity index is 620. The van der Waals surface area contributed by atoms with Gasteiger partial charge in [-0.05, 0) is 30.4 Å². The van der Waals surface area contributed by atoms with Gasteiger partial charge in [-0.3, -0.25) is 4.90 Å². The lowest BCUT2D eigenvalue weighted by atomic mass is 9.76. The molecule has 3 nitrogen and oxygen atoms in total. The molecule has 1 aromatic carbocycles. The van der Waals surface area contributed by atoms with Gasteiger partial charge in [0.05, 0.1) is 0 Å². The van der Waals surface area contributed by atoms with Crippen LogP contribution >= 0.6 is 0 Å². The fourth-order valence-corrected chi connectivity index (χ4v) is 4.07. The molecule has 1 aromatic heterocycles. The van der Waals surface area contributed by atoms with Gasteiger partial charge in [0.2, 0.25) is 0 Å². The average molecular weight is 283 g/mol. The van der Waals surface area contributed by atoms with Crippen LogP contribution in [0.15, 0.2) is 30.5 Å². The molecule has 4 rings (SSSR count). The van der Waals surface area contributed by atoms with E-state index in [0.717, 1.165) is 19.0 Å². The monoisotopic (exact) mass is 283 g/mol. The summed E-state index contributed by atoms with van der Waals surface area (Å²) in [4.78, 5) is 2.72. The van der Waals surface area contributed by atoms with Gasteiger partial charge in [0.15, 0.2) is 0 Å². The fraction of sp³-hybridized carbons (Fsp3) is 0.556. The Balaban J connectivity index is 1.77. The summed E-state index contributed by atoms with van der Waals surface area (Å²) in [6.45, 7) is 4.64. The molecule has 21 heavy (non-hydrogen) atoms. The van der Waals surface area contributed by atoms with Crippen LogP contribution in [0.1, 0.15) is 30.9 Å². The number of nitrogens with zero attached hydrogens (tertiary/aromatic N) is 2. The van der Waals surface area contributed by atoms with Gasteiger partial charge in [0, 0.05) is 56.4 Å². The van der Waals surface area contributed by atoms with Crippen molar-refractivity contribution in [3.8, 4) is 0 Å². The van der Waals surface area contributed by atoms with Crippen LogP contribution in [-0.4, -0.2) is 35.6 Å². The van der Waals surface area contributed by atoms with Crippen LogP contribution in [0.4, 0.5) is 0 Å². The third-order valence-electron chi connectivity index (χ3n) is 5.39. The van der Waals surface area contributed by atoms with Crippen LogP contribution < -0.4 is 5.32 Å². The molecule has 1 N–H and O–H groups in total. The third-order valence-corrected chi connectivity index (χ3v) is 5.39. The molecule has 2 fully saturated rings. The van der Waals surface area contributed by atoms with Crippen molar-refractivity contribution in [3.05, 3.63) is 36.0 Å². The van der Waals surface area contributed by atoms with Gasteiger partial charge in [-0.2, -0.15) is 0 Å². The first-order valence-electron chi connectivity index (χ1n) is 8.33. The molecule has 1 aliphatic carbocycles. The summed E-state index contributed by atoms with van der Waals surface area (Å²) in [5, 5.41) is 4.95. The summed E-state index contributed by atoms with van der Waals surface area (Å²) in [7, 11) is 2.18. The molecule has 0 unspecified atom stereocenters. The maximum Gasteiger partial charge on any atom is 0.0481 e. The lowest BCUT2D eigenvalue weighted by molar-refractivity contribution is 0.0845. The van der Waals surface area contributed by atoms with E-state index in [4.69, 9.17) is 0 Å². The zero-order valence-corrected chi connectivity index (χ0v) is 12.9. The van der Waals surface area contributed by atoms with Crippen molar-refractivity contribution in [2.45, 2.75) is 25.3 Å². The predicted molar refractivity (Wildman–Crippen MR) is 87.4 cm³/mol. The highest BCUT2D eigenvalue weighted by Gasteiger charge is 2.35. The smallest absolute Gasteiger partial charge is 0.0481 e. The molecular weight excluding hydrogens is 258 g/mol. The molecule has 1 aliphatic heterocycles. The number of fused-ring (bicyclic) bond motifs is 1. The number of nitrogens with one attached hydrogen (secondary N) is 1. The maximum absolute atomic E-state index is 3.49. The maximum atomic E-state index is 3.49. The number of hydrogen-bond acceptors (Lipinski definition) is 2. The molecule has 1 saturated carbocycles. The third kappa shape index (κ3) is 2.29. The van der Waals surface area contributed by atoms with Crippen molar-refractivity contribution in [1.29, 1.82) is 0 Å². The largest absolute Gasteiger partial charge is 0.350 e. The van der Waals surface area contributed by atoms with Gasteiger partial charge in [0.25, 0.3) is 0 Å². The van der Waals surface area contributed by atoms with E-state index in [1.807, 2.05) is 0 Å².